The number of halogens is 1. The fourth-order valence-corrected chi connectivity index (χ4v) is 3.47. The van der Waals surface area contributed by atoms with Gasteiger partial charge < -0.3 is 9.32 Å². The third-order valence-corrected chi connectivity index (χ3v) is 5.46. The number of hydrogen-bond acceptors (Lipinski definition) is 5. The van der Waals surface area contributed by atoms with Crippen molar-refractivity contribution in [2.45, 2.75) is 18.9 Å². The van der Waals surface area contributed by atoms with Crippen LogP contribution in [0.5, 0.6) is 0 Å². The Morgan fingerprint density at radius 3 is 2.68 bits per heavy atom. The number of piperidine rings is 1. The van der Waals surface area contributed by atoms with Crippen LogP contribution in [0.2, 0.25) is 0 Å². The van der Waals surface area contributed by atoms with Crippen molar-refractivity contribution >= 4 is 27.1 Å². The first-order valence-corrected chi connectivity index (χ1v) is 8.93. The Bertz CT molecular complexity index is 782. The molecular formula is C14H18FN3O3S. The molecule has 1 aromatic carbocycles. The lowest BCUT2D eigenvalue weighted by molar-refractivity contribution is 0.309. The number of hydrogen-bond donors (Lipinski definition) is 0. The lowest BCUT2D eigenvalue weighted by Crippen LogP contribution is -2.45. The summed E-state index contributed by atoms with van der Waals surface area (Å²) in [6.07, 6.45) is 2.63. The SMILES string of the molecule is CN(C1CCN(c2nc3ccc(F)cc3o2)CC1)S(C)(=O)=O. The maximum Gasteiger partial charge on any atom is 0.298 e. The molecule has 0 radical (unpaired) electrons. The number of aromatic nitrogens is 1. The maximum absolute atomic E-state index is 13.2. The van der Waals surface area contributed by atoms with E-state index in [-0.39, 0.29) is 11.9 Å². The second-order valence-corrected chi connectivity index (χ2v) is 7.65. The Labute approximate surface area is 128 Å². The first kappa shape index (κ1) is 15.2. The van der Waals surface area contributed by atoms with E-state index in [1.54, 1.807) is 13.1 Å². The van der Waals surface area contributed by atoms with Gasteiger partial charge in [-0.2, -0.15) is 4.98 Å². The van der Waals surface area contributed by atoms with Gasteiger partial charge in [-0.15, -0.1) is 0 Å². The zero-order chi connectivity index (χ0) is 15.9. The molecule has 2 heterocycles. The first-order chi connectivity index (χ1) is 10.3. The van der Waals surface area contributed by atoms with Crippen LogP contribution in [-0.2, 0) is 10.0 Å². The predicted molar refractivity (Wildman–Crippen MR) is 81.8 cm³/mol. The minimum atomic E-state index is -3.18. The number of rotatable bonds is 3. The highest BCUT2D eigenvalue weighted by Gasteiger charge is 2.28. The molecule has 0 amide bonds. The average molecular weight is 327 g/mol. The molecule has 0 saturated carbocycles. The molecule has 0 spiro atoms. The van der Waals surface area contributed by atoms with Crippen molar-refractivity contribution in [1.82, 2.24) is 9.29 Å². The van der Waals surface area contributed by atoms with E-state index < -0.39 is 10.0 Å². The summed E-state index contributed by atoms with van der Waals surface area (Å²) in [5.41, 5.74) is 1.04. The molecule has 0 aliphatic carbocycles. The molecule has 22 heavy (non-hydrogen) atoms. The van der Waals surface area contributed by atoms with Crippen LogP contribution in [0.15, 0.2) is 22.6 Å². The molecule has 0 unspecified atom stereocenters. The molecule has 1 aliphatic rings. The largest absolute Gasteiger partial charge is 0.423 e. The van der Waals surface area contributed by atoms with Crippen LogP contribution in [0.1, 0.15) is 12.8 Å². The van der Waals surface area contributed by atoms with Gasteiger partial charge in [0.1, 0.15) is 11.3 Å². The van der Waals surface area contributed by atoms with Crippen molar-refractivity contribution in [1.29, 1.82) is 0 Å². The van der Waals surface area contributed by atoms with Crippen molar-refractivity contribution in [3.05, 3.63) is 24.0 Å². The summed E-state index contributed by atoms with van der Waals surface area (Å²) >= 11 is 0. The van der Waals surface area contributed by atoms with Crippen LogP contribution in [0.4, 0.5) is 10.4 Å². The molecule has 1 saturated heterocycles. The second kappa shape index (κ2) is 5.51. The quantitative estimate of drug-likeness (QED) is 0.860. The van der Waals surface area contributed by atoms with Crippen molar-refractivity contribution in [2.24, 2.45) is 0 Å². The highest BCUT2D eigenvalue weighted by Crippen LogP contribution is 2.26. The molecule has 0 bridgehead atoms. The summed E-state index contributed by atoms with van der Waals surface area (Å²) < 4.78 is 43.3. The Balaban J connectivity index is 1.72. The van der Waals surface area contributed by atoms with E-state index in [2.05, 4.69) is 4.98 Å². The number of oxazole rings is 1. The Kier molecular flexibility index (Phi) is 3.82. The molecule has 3 rings (SSSR count). The summed E-state index contributed by atoms with van der Waals surface area (Å²) in [6.45, 7) is 1.31. The lowest BCUT2D eigenvalue weighted by atomic mass is 10.1. The molecular weight excluding hydrogens is 309 g/mol. The summed E-state index contributed by atoms with van der Waals surface area (Å²) in [6, 6.07) is 4.70. The van der Waals surface area contributed by atoms with E-state index in [9.17, 15) is 12.8 Å². The van der Waals surface area contributed by atoms with Crippen molar-refractivity contribution < 1.29 is 17.2 Å². The topological polar surface area (TPSA) is 66.7 Å². The van der Waals surface area contributed by atoms with E-state index in [0.29, 0.717) is 43.0 Å². The van der Waals surface area contributed by atoms with Gasteiger partial charge in [-0.3, -0.25) is 0 Å². The number of fused-ring (bicyclic) bond motifs is 1. The Morgan fingerprint density at radius 2 is 2.05 bits per heavy atom. The van der Waals surface area contributed by atoms with E-state index in [1.807, 2.05) is 4.90 Å². The maximum atomic E-state index is 13.2. The number of nitrogens with zero attached hydrogens (tertiary/aromatic N) is 3. The summed E-state index contributed by atoms with van der Waals surface area (Å²) in [5, 5.41) is 0. The van der Waals surface area contributed by atoms with Gasteiger partial charge in [0.05, 0.1) is 6.26 Å². The van der Waals surface area contributed by atoms with Crippen LogP contribution in [-0.4, -0.2) is 50.1 Å². The second-order valence-electron chi connectivity index (χ2n) is 5.61. The average Bonchev–Trinajstić information content (AvgIpc) is 2.88. The molecule has 2 aromatic rings. The predicted octanol–water partition coefficient (Wildman–Crippen LogP) is 1.83. The van der Waals surface area contributed by atoms with Gasteiger partial charge in [0.25, 0.3) is 6.01 Å². The van der Waals surface area contributed by atoms with Crippen LogP contribution >= 0.6 is 0 Å². The normalized spacial score (nSPS) is 17.5. The number of sulfonamides is 1. The van der Waals surface area contributed by atoms with Gasteiger partial charge in [0, 0.05) is 32.2 Å². The van der Waals surface area contributed by atoms with Crippen LogP contribution in [0.25, 0.3) is 11.1 Å². The van der Waals surface area contributed by atoms with E-state index >= 15 is 0 Å². The smallest absolute Gasteiger partial charge is 0.298 e. The van der Waals surface area contributed by atoms with E-state index in [0.717, 1.165) is 0 Å². The first-order valence-electron chi connectivity index (χ1n) is 7.08. The highest BCUT2D eigenvalue weighted by molar-refractivity contribution is 7.88. The van der Waals surface area contributed by atoms with Crippen molar-refractivity contribution in [3.63, 3.8) is 0 Å². The zero-order valence-electron chi connectivity index (χ0n) is 12.5. The summed E-state index contributed by atoms with van der Waals surface area (Å²) in [5.74, 6) is -0.358. The van der Waals surface area contributed by atoms with Crippen molar-refractivity contribution in [2.75, 3.05) is 31.3 Å². The van der Waals surface area contributed by atoms with Gasteiger partial charge in [0.2, 0.25) is 10.0 Å². The van der Waals surface area contributed by atoms with Crippen LogP contribution in [0.3, 0.4) is 0 Å². The van der Waals surface area contributed by atoms with Crippen LogP contribution in [0, 0.1) is 5.82 Å². The monoisotopic (exact) mass is 327 g/mol. The molecule has 1 aromatic heterocycles. The molecule has 1 aliphatic heterocycles. The molecule has 0 N–H and O–H groups in total. The summed E-state index contributed by atoms with van der Waals surface area (Å²) in [7, 11) is -1.57. The van der Waals surface area contributed by atoms with Gasteiger partial charge >= 0.3 is 0 Å². The minimum Gasteiger partial charge on any atom is -0.423 e. The fraction of sp³-hybridized carbons (Fsp3) is 0.500. The molecule has 6 nitrogen and oxygen atoms in total. The van der Waals surface area contributed by atoms with E-state index in [4.69, 9.17) is 4.42 Å². The molecule has 8 heteroatoms. The zero-order valence-corrected chi connectivity index (χ0v) is 13.3. The molecule has 1 fully saturated rings. The minimum absolute atomic E-state index is 0.00641. The third kappa shape index (κ3) is 2.93. The summed E-state index contributed by atoms with van der Waals surface area (Å²) in [4.78, 5) is 6.32. The molecule has 0 atom stereocenters. The van der Waals surface area contributed by atoms with Crippen molar-refractivity contribution in [3.8, 4) is 0 Å². The lowest BCUT2D eigenvalue weighted by Gasteiger charge is -2.34. The van der Waals surface area contributed by atoms with Gasteiger partial charge in [0.15, 0.2) is 5.58 Å². The van der Waals surface area contributed by atoms with Gasteiger partial charge in [-0.05, 0) is 25.0 Å². The third-order valence-electron chi connectivity index (χ3n) is 4.11. The van der Waals surface area contributed by atoms with Gasteiger partial charge in [-0.1, -0.05) is 0 Å². The fourth-order valence-electron chi connectivity index (χ4n) is 2.71. The highest BCUT2D eigenvalue weighted by atomic mass is 32.2. The van der Waals surface area contributed by atoms with Gasteiger partial charge in [-0.25, -0.2) is 17.1 Å². The number of benzene rings is 1. The Morgan fingerprint density at radius 1 is 1.36 bits per heavy atom. The van der Waals surface area contributed by atoms with E-state index in [1.165, 1.54) is 22.7 Å². The standard InChI is InChI=1S/C14H18FN3O3S/c1-17(22(2,19)20)11-5-7-18(8-6-11)14-16-12-4-3-10(15)9-13(12)21-14/h3-4,9,11H,5-8H2,1-2H3. The Hall–Kier alpha value is -1.67. The number of anilines is 1. The van der Waals surface area contributed by atoms with Crippen LogP contribution < -0.4 is 4.90 Å². The molecule has 120 valence electrons.